The molecule has 5 nitrogen and oxygen atoms in total. The molecule has 2 aromatic heterocycles. The van der Waals surface area contributed by atoms with Gasteiger partial charge in [0.15, 0.2) is 5.65 Å². The second kappa shape index (κ2) is 5.91. The Morgan fingerprint density at radius 2 is 2.14 bits per heavy atom. The number of thioether (sulfide) groups is 2. The third-order valence-corrected chi connectivity index (χ3v) is 5.76. The third-order valence-electron chi connectivity index (χ3n) is 2.91. The molecule has 1 unspecified atom stereocenters. The summed E-state index contributed by atoms with van der Waals surface area (Å²) < 4.78 is 39.0. The molecule has 1 saturated heterocycles. The number of fused-ring (bicyclic) bond motifs is 1. The van der Waals surface area contributed by atoms with Crippen molar-refractivity contribution in [2.75, 3.05) is 29.1 Å². The number of hydrogen-bond acceptors (Lipinski definition) is 6. The van der Waals surface area contributed by atoms with Gasteiger partial charge in [-0.2, -0.15) is 41.2 Å². The molecule has 3 heterocycles. The largest absolute Gasteiger partial charge is 0.453 e. The van der Waals surface area contributed by atoms with E-state index in [1.165, 1.54) is 6.07 Å². The highest BCUT2D eigenvalue weighted by atomic mass is 32.2. The second-order valence-electron chi connectivity index (χ2n) is 4.46. The molecule has 21 heavy (non-hydrogen) atoms. The van der Waals surface area contributed by atoms with Crippen molar-refractivity contribution in [3.8, 4) is 0 Å². The van der Waals surface area contributed by atoms with Crippen LogP contribution in [-0.2, 0) is 6.18 Å². The van der Waals surface area contributed by atoms with Crippen LogP contribution in [0, 0.1) is 0 Å². The van der Waals surface area contributed by atoms with Crippen LogP contribution in [0.1, 0.15) is 5.82 Å². The lowest BCUT2D eigenvalue weighted by Gasteiger charge is -2.21. The van der Waals surface area contributed by atoms with Gasteiger partial charge in [-0.3, -0.25) is 0 Å². The SMILES string of the molecule is FC(F)(F)c1nnc2ccc(NCC3CSCCS3)nn12. The quantitative estimate of drug-likeness (QED) is 0.930. The molecule has 114 valence electrons. The van der Waals surface area contributed by atoms with E-state index >= 15 is 0 Å². The summed E-state index contributed by atoms with van der Waals surface area (Å²) >= 11 is 3.77. The van der Waals surface area contributed by atoms with Gasteiger partial charge in [-0.15, -0.1) is 15.3 Å². The molecule has 0 aromatic carbocycles. The van der Waals surface area contributed by atoms with Crippen molar-refractivity contribution < 1.29 is 13.2 Å². The van der Waals surface area contributed by atoms with Crippen molar-refractivity contribution in [3.05, 3.63) is 18.0 Å². The first-order chi connectivity index (χ1) is 10.0. The van der Waals surface area contributed by atoms with Gasteiger partial charge in [0.2, 0.25) is 0 Å². The van der Waals surface area contributed by atoms with E-state index in [0.717, 1.165) is 21.8 Å². The van der Waals surface area contributed by atoms with Gasteiger partial charge in [-0.05, 0) is 12.1 Å². The Balaban J connectivity index is 1.76. The minimum atomic E-state index is -4.57. The van der Waals surface area contributed by atoms with Crippen LogP contribution >= 0.6 is 23.5 Å². The lowest BCUT2D eigenvalue weighted by Crippen LogP contribution is -2.24. The highest BCUT2D eigenvalue weighted by Crippen LogP contribution is 2.28. The number of nitrogens with zero attached hydrogens (tertiary/aromatic N) is 4. The van der Waals surface area contributed by atoms with E-state index < -0.39 is 12.0 Å². The molecule has 1 N–H and O–H groups in total. The number of rotatable bonds is 3. The average molecular weight is 335 g/mol. The maximum absolute atomic E-state index is 12.8. The van der Waals surface area contributed by atoms with Gasteiger partial charge < -0.3 is 5.32 Å². The van der Waals surface area contributed by atoms with Crippen LogP contribution in [0.2, 0.25) is 0 Å². The van der Waals surface area contributed by atoms with E-state index in [1.807, 2.05) is 23.5 Å². The van der Waals surface area contributed by atoms with Crippen molar-refractivity contribution in [2.24, 2.45) is 0 Å². The van der Waals surface area contributed by atoms with Gasteiger partial charge in [0.25, 0.3) is 5.82 Å². The fourth-order valence-electron chi connectivity index (χ4n) is 1.93. The van der Waals surface area contributed by atoms with E-state index in [9.17, 15) is 13.2 Å². The number of halogens is 3. The standard InChI is InChI=1S/C11H12F3N5S2/c12-11(13,14)10-17-16-9-2-1-8(18-19(9)10)15-5-7-6-20-3-4-21-7/h1-2,7H,3-6H2,(H,15,18). The van der Waals surface area contributed by atoms with Crippen LogP contribution in [0.4, 0.5) is 19.0 Å². The molecule has 0 radical (unpaired) electrons. The van der Waals surface area contributed by atoms with E-state index in [2.05, 4.69) is 20.6 Å². The van der Waals surface area contributed by atoms with Gasteiger partial charge in [-0.1, -0.05) is 0 Å². The molecule has 0 aliphatic carbocycles. The Labute approximate surface area is 127 Å². The summed E-state index contributed by atoms with van der Waals surface area (Å²) in [5.41, 5.74) is 0.0791. The molecule has 0 bridgehead atoms. The van der Waals surface area contributed by atoms with Crippen molar-refractivity contribution >= 4 is 35.0 Å². The number of hydrogen-bond donors (Lipinski definition) is 1. The van der Waals surface area contributed by atoms with Crippen molar-refractivity contribution in [1.82, 2.24) is 19.8 Å². The van der Waals surface area contributed by atoms with Crippen LogP contribution in [-0.4, -0.2) is 48.9 Å². The third kappa shape index (κ3) is 3.37. The van der Waals surface area contributed by atoms with E-state index in [-0.39, 0.29) is 5.65 Å². The molecule has 2 aromatic rings. The molecule has 3 rings (SSSR count). The Kier molecular flexibility index (Phi) is 4.16. The zero-order valence-electron chi connectivity index (χ0n) is 10.8. The molecule has 1 atom stereocenters. The lowest BCUT2D eigenvalue weighted by molar-refractivity contribution is -0.146. The fourth-order valence-corrected chi connectivity index (χ4v) is 4.54. The Morgan fingerprint density at radius 3 is 2.86 bits per heavy atom. The van der Waals surface area contributed by atoms with E-state index in [4.69, 9.17) is 0 Å². The summed E-state index contributed by atoms with van der Waals surface area (Å²) in [5.74, 6) is 2.59. The monoisotopic (exact) mass is 335 g/mol. The summed E-state index contributed by atoms with van der Waals surface area (Å²) in [6.07, 6.45) is -4.57. The van der Waals surface area contributed by atoms with Crippen LogP contribution < -0.4 is 5.32 Å². The zero-order chi connectivity index (χ0) is 14.9. The van der Waals surface area contributed by atoms with Gasteiger partial charge in [0.05, 0.1) is 0 Å². The van der Waals surface area contributed by atoms with Gasteiger partial charge in [-0.25, -0.2) is 0 Å². The number of anilines is 1. The summed E-state index contributed by atoms with van der Waals surface area (Å²) in [4.78, 5) is 0. The highest BCUT2D eigenvalue weighted by molar-refractivity contribution is 8.06. The molecule has 1 aliphatic heterocycles. The minimum Gasteiger partial charge on any atom is -0.367 e. The van der Waals surface area contributed by atoms with Gasteiger partial charge >= 0.3 is 6.18 Å². The molecule has 0 amide bonds. The van der Waals surface area contributed by atoms with E-state index in [0.29, 0.717) is 17.6 Å². The maximum Gasteiger partial charge on any atom is 0.453 e. The molecular formula is C11H12F3N5S2. The predicted octanol–water partition coefficient (Wildman–Crippen LogP) is 2.40. The number of aromatic nitrogens is 4. The average Bonchev–Trinajstić information content (AvgIpc) is 2.89. The maximum atomic E-state index is 12.8. The van der Waals surface area contributed by atoms with Crippen molar-refractivity contribution in [1.29, 1.82) is 0 Å². The smallest absolute Gasteiger partial charge is 0.367 e. The first-order valence-corrected chi connectivity index (χ1v) is 8.47. The summed E-state index contributed by atoms with van der Waals surface area (Å²) in [7, 11) is 0. The van der Waals surface area contributed by atoms with E-state index in [1.54, 1.807) is 6.07 Å². The minimum absolute atomic E-state index is 0.0791. The molecule has 1 fully saturated rings. The van der Waals surface area contributed by atoms with Crippen molar-refractivity contribution in [2.45, 2.75) is 11.4 Å². The van der Waals surface area contributed by atoms with Crippen LogP contribution in [0.25, 0.3) is 5.65 Å². The summed E-state index contributed by atoms with van der Waals surface area (Å²) in [5, 5.41) is 14.1. The summed E-state index contributed by atoms with van der Waals surface area (Å²) in [6, 6.07) is 3.09. The summed E-state index contributed by atoms with van der Waals surface area (Å²) in [6.45, 7) is 0.680. The first kappa shape index (κ1) is 14.8. The Bertz CT molecular complexity index is 624. The Hall–Kier alpha value is -1.16. The molecular weight excluding hydrogens is 323 g/mol. The second-order valence-corrected chi connectivity index (χ2v) is 7.02. The molecule has 0 saturated carbocycles. The van der Waals surface area contributed by atoms with Crippen LogP contribution in [0.15, 0.2) is 12.1 Å². The topological polar surface area (TPSA) is 55.1 Å². The van der Waals surface area contributed by atoms with Crippen LogP contribution in [0.5, 0.6) is 0 Å². The normalized spacial score (nSPS) is 19.9. The first-order valence-electron chi connectivity index (χ1n) is 6.27. The molecule has 10 heteroatoms. The number of nitrogens with one attached hydrogen (secondary N) is 1. The highest BCUT2D eigenvalue weighted by Gasteiger charge is 2.37. The van der Waals surface area contributed by atoms with Crippen molar-refractivity contribution in [3.63, 3.8) is 0 Å². The van der Waals surface area contributed by atoms with Crippen LogP contribution in [0.3, 0.4) is 0 Å². The van der Waals surface area contributed by atoms with Gasteiger partial charge in [0, 0.05) is 29.1 Å². The lowest BCUT2D eigenvalue weighted by atomic mass is 10.4. The Morgan fingerprint density at radius 1 is 1.29 bits per heavy atom. The molecule has 1 aliphatic rings. The molecule has 0 spiro atoms. The fraction of sp³-hybridized carbons (Fsp3) is 0.545. The zero-order valence-corrected chi connectivity index (χ0v) is 12.4. The number of alkyl halides is 3. The predicted molar refractivity (Wildman–Crippen MR) is 77.8 cm³/mol. The van der Waals surface area contributed by atoms with Gasteiger partial charge in [0.1, 0.15) is 5.82 Å².